The minimum atomic E-state index is -3.79. The lowest BCUT2D eigenvalue weighted by Crippen LogP contribution is -2.24. The Balaban J connectivity index is 1.84. The van der Waals surface area contributed by atoms with Gasteiger partial charge in [-0.3, -0.25) is 4.79 Å². The number of primary sulfonamides is 1. The fourth-order valence-electron chi connectivity index (χ4n) is 2.67. The Labute approximate surface area is 161 Å². The number of sulfonamides is 1. The molecule has 27 heavy (non-hydrogen) atoms. The standard InChI is InChI=1S/C20H27N3O3S/c1-15(2)17-9-7-16(8-10-17)14-23(3)12-11-20(24)22-18-5-4-6-19(13-18)27(21,25)26/h4-10,13,15H,11-12,14H2,1-3H3,(H,22,24)(H2,21,25,26). The van der Waals surface area contributed by atoms with Gasteiger partial charge in [-0.2, -0.15) is 0 Å². The van der Waals surface area contributed by atoms with Crippen molar-refractivity contribution in [2.45, 2.75) is 37.6 Å². The summed E-state index contributed by atoms with van der Waals surface area (Å²) in [5.41, 5.74) is 2.92. The average molecular weight is 390 g/mol. The largest absolute Gasteiger partial charge is 0.326 e. The van der Waals surface area contributed by atoms with Crippen LogP contribution < -0.4 is 10.5 Å². The number of rotatable bonds is 8. The van der Waals surface area contributed by atoms with Crippen LogP contribution in [0.5, 0.6) is 0 Å². The number of carbonyl (C=O) groups is 1. The van der Waals surface area contributed by atoms with Crippen LogP contribution in [0.2, 0.25) is 0 Å². The third kappa shape index (κ3) is 6.78. The second kappa shape index (κ2) is 9.12. The Morgan fingerprint density at radius 2 is 1.81 bits per heavy atom. The molecule has 0 fully saturated rings. The van der Waals surface area contributed by atoms with Crippen molar-refractivity contribution in [2.75, 3.05) is 18.9 Å². The zero-order chi connectivity index (χ0) is 20.0. The Hall–Kier alpha value is -2.22. The number of nitrogens with two attached hydrogens (primary N) is 1. The van der Waals surface area contributed by atoms with Crippen molar-refractivity contribution in [3.63, 3.8) is 0 Å². The van der Waals surface area contributed by atoms with E-state index in [-0.39, 0.29) is 10.8 Å². The van der Waals surface area contributed by atoms with Gasteiger partial charge in [-0.15, -0.1) is 0 Å². The summed E-state index contributed by atoms with van der Waals surface area (Å²) in [6.07, 6.45) is 0.306. The van der Waals surface area contributed by atoms with Crippen molar-refractivity contribution in [1.29, 1.82) is 0 Å². The highest BCUT2D eigenvalue weighted by atomic mass is 32.2. The zero-order valence-electron chi connectivity index (χ0n) is 16.0. The molecule has 7 heteroatoms. The molecule has 1 amide bonds. The monoisotopic (exact) mass is 389 g/mol. The van der Waals surface area contributed by atoms with Crippen LogP contribution >= 0.6 is 0 Å². The molecule has 2 aromatic carbocycles. The lowest BCUT2D eigenvalue weighted by Gasteiger charge is -2.17. The molecule has 146 valence electrons. The number of nitrogens with one attached hydrogen (secondary N) is 1. The molecular formula is C20H27N3O3S. The second-order valence-corrected chi connectivity index (χ2v) is 8.57. The second-order valence-electron chi connectivity index (χ2n) is 7.01. The molecule has 0 unspecified atom stereocenters. The topological polar surface area (TPSA) is 92.5 Å². The number of hydrogen-bond donors (Lipinski definition) is 2. The van der Waals surface area contributed by atoms with Crippen LogP contribution in [-0.4, -0.2) is 32.8 Å². The Morgan fingerprint density at radius 3 is 2.41 bits per heavy atom. The molecule has 0 aliphatic carbocycles. The summed E-state index contributed by atoms with van der Waals surface area (Å²) in [4.78, 5) is 14.2. The predicted octanol–water partition coefficient (Wildman–Crippen LogP) is 2.92. The maximum absolute atomic E-state index is 12.1. The van der Waals surface area contributed by atoms with Gasteiger partial charge in [-0.1, -0.05) is 44.2 Å². The Morgan fingerprint density at radius 1 is 1.15 bits per heavy atom. The number of benzene rings is 2. The number of carbonyl (C=O) groups excluding carboxylic acids is 1. The molecule has 3 N–H and O–H groups in total. The van der Waals surface area contributed by atoms with Crippen LogP contribution in [0, 0.1) is 0 Å². The molecule has 0 aliphatic heterocycles. The molecule has 0 atom stereocenters. The molecule has 0 bridgehead atoms. The first-order valence-corrected chi connectivity index (χ1v) is 10.4. The van der Waals surface area contributed by atoms with Gasteiger partial charge in [0.1, 0.15) is 0 Å². The van der Waals surface area contributed by atoms with Gasteiger partial charge in [0.2, 0.25) is 15.9 Å². The first-order valence-electron chi connectivity index (χ1n) is 8.85. The highest BCUT2D eigenvalue weighted by Gasteiger charge is 2.10. The Kier molecular flexibility index (Phi) is 7.12. The molecule has 0 saturated heterocycles. The molecule has 0 heterocycles. The summed E-state index contributed by atoms with van der Waals surface area (Å²) in [6, 6.07) is 14.4. The number of amides is 1. The van der Waals surface area contributed by atoms with Gasteiger partial charge in [-0.05, 0) is 42.3 Å². The number of hydrogen-bond acceptors (Lipinski definition) is 4. The van der Waals surface area contributed by atoms with Gasteiger partial charge in [0.25, 0.3) is 0 Å². The van der Waals surface area contributed by atoms with Crippen LogP contribution in [0.25, 0.3) is 0 Å². The number of anilines is 1. The van der Waals surface area contributed by atoms with Crippen molar-refractivity contribution in [1.82, 2.24) is 4.90 Å². The molecule has 2 rings (SSSR count). The van der Waals surface area contributed by atoms with Crippen molar-refractivity contribution in [3.05, 3.63) is 59.7 Å². The third-order valence-corrected chi connectivity index (χ3v) is 5.18. The van der Waals surface area contributed by atoms with Gasteiger partial charge in [0.05, 0.1) is 4.90 Å². The highest BCUT2D eigenvalue weighted by molar-refractivity contribution is 7.89. The lowest BCUT2D eigenvalue weighted by molar-refractivity contribution is -0.116. The molecule has 0 aromatic heterocycles. The summed E-state index contributed by atoms with van der Waals surface area (Å²) < 4.78 is 22.8. The SMILES string of the molecule is CC(C)c1ccc(CN(C)CCC(=O)Nc2cccc(S(N)(=O)=O)c2)cc1. The third-order valence-electron chi connectivity index (χ3n) is 4.27. The summed E-state index contributed by atoms with van der Waals surface area (Å²) in [5, 5.41) is 7.81. The van der Waals surface area contributed by atoms with E-state index in [2.05, 4.69) is 48.3 Å². The smallest absolute Gasteiger partial charge is 0.238 e. The van der Waals surface area contributed by atoms with Gasteiger partial charge in [0.15, 0.2) is 0 Å². The molecule has 0 saturated carbocycles. The van der Waals surface area contributed by atoms with Gasteiger partial charge in [-0.25, -0.2) is 13.6 Å². The average Bonchev–Trinajstić information content (AvgIpc) is 2.60. The van der Waals surface area contributed by atoms with E-state index in [1.807, 2.05) is 7.05 Å². The fourth-order valence-corrected chi connectivity index (χ4v) is 3.22. The van der Waals surface area contributed by atoms with E-state index in [4.69, 9.17) is 5.14 Å². The summed E-state index contributed by atoms with van der Waals surface area (Å²) in [7, 11) is -1.83. The minimum absolute atomic E-state index is 0.0257. The van der Waals surface area contributed by atoms with Crippen LogP contribution in [0.4, 0.5) is 5.69 Å². The van der Waals surface area contributed by atoms with Crippen molar-refractivity contribution in [2.24, 2.45) is 5.14 Å². The fraction of sp³-hybridized carbons (Fsp3) is 0.350. The molecular weight excluding hydrogens is 362 g/mol. The highest BCUT2D eigenvalue weighted by Crippen LogP contribution is 2.16. The normalized spacial score (nSPS) is 11.8. The van der Waals surface area contributed by atoms with Crippen LogP contribution in [0.1, 0.15) is 37.3 Å². The van der Waals surface area contributed by atoms with E-state index in [1.165, 1.54) is 23.3 Å². The van der Waals surface area contributed by atoms with Gasteiger partial charge in [0, 0.05) is 25.2 Å². The summed E-state index contributed by atoms with van der Waals surface area (Å²) in [6.45, 7) is 5.68. The maximum Gasteiger partial charge on any atom is 0.238 e. The molecule has 0 spiro atoms. The molecule has 0 aliphatic rings. The summed E-state index contributed by atoms with van der Waals surface area (Å²) >= 11 is 0. The van der Waals surface area contributed by atoms with Gasteiger partial charge >= 0.3 is 0 Å². The lowest BCUT2D eigenvalue weighted by atomic mass is 10.0. The quantitative estimate of drug-likeness (QED) is 0.726. The van der Waals surface area contributed by atoms with Crippen LogP contribution in [-0.2, 0) is 21.4 Å². The van der Waals surface area contributed by atoms with Crippen LogP contribution in [0.15, 0.2) is 53.4 Å². The zero-order valence-corrected chi connectivity index (χ0v) is 16.8. The van der Waals surface area contributed by atoms with E-state index in [1.54, 1.807) is 12.1 Å². The molecule has 6 nitrogen and oxygen atoms in total. The first kappa shape index (κ1) is 21.1. The van der Waals surface area contributed by atoms with Crippen molar-refractivity contribution in [3.8, 4) is 0 Å². The molecule has 2 aromatic rings. The van der Waals surface area contributed by atoms with E-state index < -0.39 is 10.0 Å². The van der Waals surface area contributed by atoms with Crippen LogP contribution in [0.3, 0.4) is 0 Å². The van der Waals surface area contributed by atoms with Gasteiger partial charge < -0.3 is 10.2 Å². The van der Waals surface area contributed by atoms with E-state index in [0.29, 0.717) is 24.6 Å². The maximum atomic E-state index is 12.1. The van der Waals surface area contributed by atoms with E-state index in [9.17, 15) is 13.2 Å². The minimum Gasteiger partial charge on any atom is -0.326 e. The Bertz CT molecular complexity index is 878. The van der Waals surface area contributed by atoms with E-state index >= 15 is 0 Å². The number of nitrogens with zero attached hydrogens (tertiary/aromatic N) is 1. The van der Waals surface area contributed by atoms with Crippen molar-refractivity contribution >= 4 is 21.6 Å². The predicted molar refractivity (Wildman–Crippen MR) is 108 cm³/mol. The molecule has 0 radical (unpaired) electrons. The first-order chi connectivity index (χ1) is 12.6. The van der Waals surface area contributed by atoms with Crippen molar-refractivity contribution < 1.29 is 13.2 Å². The summed E-state index contributed by atoms with van der Waals surface area (Å²) in [5.74, 6) is 0.330. The van der Waals surface area contributed by atoms with E-state index in [0.717, 1.165) is 6.54 Å².